The second kappa shape index (κ2) is 5.44. The number of aryl methyl sites for hydroxylation is 1. The Kier molecular flexibility index (Phi) is 3.48. The van der Waals surface area contributed by atoms with Gasteiger partial charge in [0.1, 0.15) is 5.82 Å². The molecule has 0 atom stereocenters. The Labute approximate surface area is 124 Å². The fourth-order valence-corrected chi connectivity index (χ4v) is 2.52. The van der Waals surface area contributed by atoms with Gasteiger partial charge in [-0.25, -0.2) is 9.97 Å². The van der Waals surface area contributed by atoms with Crippen molar-refractivity contribution in [3.63, 3.8) is 0 Å². The van der Waals surface area contributed by atoms with Crippen molar-refractivity contribution in [1.29, 1.82) is 0 Å². The third-order valence-corrected chi connectivity index (χ3v) is 3.59. The molecule has 1 aromatic carbocycles. The van der Waals surface area contributed by atoms with Gasteiger partial charge in [0, 0.05) is 31.7 Å². The molecule has 3 rings (SSSR count). The standard InChI is InChI=1S/C16H19N5/c1-4-21(13-8-6-5-7-12(13)2)16-15-18-9-10-20(15)11-14(17-3)19-16/h5-11,17H,4H2,1-3H3. The summed E-state index contributed by atoms with van der Waals surface area (Å²) in [4.78, 5) is 11.4. The van der Waals surface area contributed by atoms with Crippen LogP contribution < -0.4 is 10.2 Å². The molecule has 0 spiro atoms. The fraction of sp³-hybridized carbons (Fsp3) is 0.250. The molecular formula is C16H19N5. The van der Waals surface area contributed by atoms with Crippen molar-refractivity contribution in [3.05, 3.63) is 48.4 Å². The van der Waals surface area contributed by atoms with Crippen molar-refractivity contribution in [3.8, 4) is 0 Å². The molecule has 0 amide bonds. The number of fused-ring (bicyclic) bond motifs is 1. The van der Waals surface area contributed by atoms with Gasteiger partial charge in [0.15, 0.2) is 11.5 Å². The zero-order valence-corrected chi connectivity index (χ0v) is 12.5. The van der Waals surface area contributed by atoms with E-state index in [1.807, 2.05) is 23.8 Å². The largest absolute Gasteiger partial charge is 0.372 e. The molecule has 0 fully saturated rings. The summed E-state index contributed by atoms with van der Waals surface area (Å²) < 4.78 is 2.00. The molecule has 5 nitrogen and oxygen atoms in total. The van der Waals surface area contributed by atoms with Crippen LogP contribution in [0.3, 0.4) is 0 Å². The average Bonchev–Trinajstić information content (AvgIpc) is 2.98. The maximum Gasteiger partial charge on any atom is 0.180 e. The van der Waals surface area contributed by atoms with Crippen LogP contribution in [0.25, 0.3) is 5.65 Å². The van der Waals surface area contributed by atoms with Crippen molar-refractivity contribution < 1.29 is 0 Å². The Hall–Kier alpha value is -2.56. The monoisotopic (exact) mass is 281 g/mol. The van der Waals surface area contributed by atoms with Gasteiger partial charge in [-0.1, -0.05) is 18.2 Å². The predicted molar refractivity (Wildman–Crippen MR) is 86.4 cm³/mol. The first-order chi connectivity index (χ1) is 10.2. The molecule has 0 saturated heterocycles. The van der Waals surface area contributed by atoms with Gasteiger partial charge in [0.25, 0.3) is 0 Å². The summed E-state index contributed by atoms with van der Waals surface area (Å²) in [6, 6.07) is 8.33. The Bertz CT molecular complexity index is 762. The zero-order chi connectivity index (χ0) is 14.8. The summed E-state index contributed by atoms with van der Waals surface area (Å²) in [7, 11) is 1.87. The van der Waals surface area contributed by atoms with Crippen molar-refractivity contribution in [2.24, 2.45) is 0 Å². The summed E-state index contributed by atoms with van der Waals surface area (Å²) in [6.07, 6.45) is 5.68. The highest BCUT2D eigenvalue weighted by molar-refractivity contribution is 5.75. The molecule has 0 aliphatic heterocycles. The highest BCUT2D eigenvalue weighted by atomic mass is 15.2. The molecule has 1 N–H and O–H groups in total. The van der Waals surface area contributed by atoms with Crippen LogP contribution >= 0.6 is 0 Å². The van der Waals surface area contributed by atoms with Crippen LogP contribution in [0.15, 0.2) is 42.9 Å². The van der Waals surface area contributed by atoms with Crippen molar-refractivity contribution in [2.75, 3.05) is 23.8 Å². The van der Waals surface area contributed by atoms with E-state index >= 15 is 0 Å². The molecule has 0 radical (unpaired) electrons. The number of nitrogens with zero attached hydrogens (tertiary/aromatic N) is 4. The van der Waals surface area contributed by atoms with Gasteiger partial charge < -0.3 is 14.6 Å². The van der Waals surface area contributed by atoms with Crippen molar-refractivity contribution in [2.45, 2.75) is 13.8 Å². The normalized spacial score (nSPS) is 10.8. The first-order valence-corrected chi connectivity index (χ1v) is 7.09. The minimum Gasteiger partial charge on any atom is -0.372 e. The molecule has 0 unspecified atom stereocenters. The van der Waals surface area contributed by atoms with Crippen molar-refractivity contribution in [1.82, 2.24) is 14.4 Å². The Morgan fingerprint density at radius 3 is 2.81 bits per heavy atom. The molecule has 0 aliphatic carbocycles. The van der Waals surface area contributed by atoms with Gasteiger partial charge in [-0.15, -0.1) is 0 Å². The van der Waals surface area contributed by atoms with Crippen LogP contribution in [0.5, 0.6) is 0 Å². The summed E-state index contributed by atoms with van der Waals surface area (Å²) in [5, 5.41) is 3.11. The van der Waals surface area contributed by atoms with Crippen LogP contribution in [-0.4, -0.2) is 28.0 Å². The molecule has 2 heterocycles. The molecule has 2 aromatic heterocycles. The first-order valence-electron chi connectivity index (χ1n) is 7.09. The third kappa shape index (κ3) is 2.31. The van der Waals surface area contributed by atoms with E-state index in [0.29, 0.717) is 0 Å². The van der Waals surface area contributed by atoms with E-state index in [1.54, 1.807) is 6.20 Å². The molecule has 0 saturated carbocycles. The van der Waals surface area contributed by atoms with Gasteiger partial charge in [-0.2, -0.15) is 0 Å². The van der Waals surface area contributed by atoms with E-state index in [-0.39, 0.29) is 0 Å². The summed E-state index contributed by atoms with van der Waals surface area (Å²) >= 11 is 0. The Morgan fingerprint density at radius 1 is 1.29 bits per heavy atom. The SMILES string of the molecule is CCN(c1ccccc1C)c1nc(NC)cn2ccnc12. The minimum absolute atomic E-state index is 0.822. The van der Waals surface area contributed by atoms with E-state index in [2.05, 4.69) is 53.3 Å². The van der Waals surface area contributed by atoms with E-state index in [9.17, 15) is 0 Å². The Morgan fingerprint density at radius 2 is 2.10 bits per heavy atom. The quantitative estimate of drug-likeness (QED) is 0.797. The van der Waals surface area contributed by atoms with Crippen LogP contribution in [0.4, 0.5) is 17.3 Å². The van der Waals surface area contributed by atoms with Gasteiger partial charge in [-0.05, 0) is 25.5 Å². The van der Waals surface area contributed by atoms with Gasteiger partial charge in [-0.3, -0.25) is 0 Å². The van der Waals surface area contributed by atoms with Gasteiger partial charge >= 0.3 is 0 Å². The number of rotatable bonds is 4. The maximum absolute atomic E-state index is 4.71. The number of anilines is 3. The van der Waals surface area contributed by atoms with E-state index in [4.69, 9.17) is 4.98 Å². The summed E-state index contributed by atoms with van der Waals surface area (Å²) in [5.74, 6) is 1.69. The van der Waals surface area contributed by atoms with E-state index in [1.165, 1.54) is 5.56 Å². The zero-order valence-electron chi connectivity index (χ0n) is 12.5. The average molecular weight is 281 g/mol. The molecule has 21 heavy (non-hydrogen) atoms. The van der Waals surface area contributed by atoms with Crippen LogP contribution in [0.1, 0.15) is 12.5 Å². The second-order valence-corrected chi connectivity index (χ2v) is 4.89. The lowest BCUT2D eigenvalue weighted by Crippen LogP contribution is -2.20. The van der Waals surface area contributed by atoms with Crippen LogP contribution in [-0.2, 0) is 0 Å². The number of hydrogen-bond acceptors (Lipinski definition) is 4. The number of para-hydroxylation sites is 1. The molecule has 0 aliphatic rings. The second-order valence-electron chi connectivity index (χ2n) is 4.89. The van der Waals surface area contributed by atoms with Crippen LogP contribution in [0, 0.1) is 6.92 Å². The Balaban J connectivity index is 2.21. The highest BCUT2D eigenvalue weighted by Crippen LogP contribution is 2.30. The number of nitrogens with one attached hydrogen (secondary N) is 1. The molecule has 5 heteroatoms. The van der Waals surface area contributed by atoms with E-state index < -0.39 is 0 Å². The maximum atomic E-state index is 4.71. The number of imidazole rings is 1. The molecule has 108 valence electrons. The first kappa shape index (κ1) is 13.4. The fourth-order valence-electron chi connectivity index (χ4n) is 2.52. The molecule has 3 aromatic rings. The number of aromatic nitrogens is 3. The summed E-state index contributed by atoms with van der Waals surface area (Å²) in [6.45, 7) is 5.07. The predicted octanol–water partition coefficient (Wildman–Crippen LogP) is 3.24. The lowest BCUT2D eigenvalue weighted by Gasteiger charge is -2.24. The third-order valence-electron chi connectivity index (χ3n) is 3.59. The number of hydrogen-bond donors (Lipinski definition) is 1. The highest BCUT2D eigenvalue weighted by Gasteiger charge is 2.16. The molecule has 0 bridgehead atoms. The van der Waals surface area contributed by atoms with Gasteiger partial charge in [0.05, 0.1) is 6.20 Å². The lowest BCUT2D eigenvalue weighted by molar-refractivity contribution is 0.970. The number of benzene rings is 1. The topological polar surface area (TPSA) is 45.5 Å². The van der Waals surface area contributed by atoms with E-state index in [0.717, 1.165) is 29.5 Å². The smallest absolute Gasteiger partial charge is 0.180 e. The van der Waals surface area contributed by atoms with Gasteiger partial charge in [0.2, 0.25) is 0 Å². The van der Waals surface area contributed by atoms with Crippen molar-refractivity contribution >= 4 is 23.0 Å². The summed E-state index contributed by atoms with van der Waals surface area (Å²) in [5.41, 5.74) is 3.24. The lowest BCUT2D eigenvalue weighted by atomic mass is 10.2. The minimum atomic E-state index is 0.822. The van der Waals surface area contributed by atoms with Crippen LogP contribution in [0.2, 0.25) is 0 Å². The molecular weight excluding hydrogens is 262 g/mol.